The van der Waals surface area contributed by atoms with E-state index in [0.717, 1.165) is 4.68 Å². The smallest absolute Gasteiger partial charge is 0.272 e. The topological polar surface area (TPSA) is 98.1 Å². The number of hydrogen-bond acceptors (Lipinski definition) is 5. The van der Waals surface area contributed by atoms with Crippen LogP contribution >= 0.6 is 0 Å². The number of nitrogens with two attached hydrogens (primary N) is 2. The van der Waals surface area contributed by atoms with Gasteiger partial charge in [-0.1, -0.05) is 0 Å². The summed E-state index contributed by atoms with van der Waals surface area (Å²) < 4.78 is 1.13. The van der Waals surface area contributed by atoms with E-state index in [-0.39, 0.29) is 5.56 Å². The van der Waals surface area contributed by atoms with Crippen molar-refractivity contribution in [2.45, 2.75) is 0 Å². The molecule has 1 rings (SSSR count). The second-order valence-electron chi connectivity index (χ2n) is 1.90. The van der Waals surface area contributed by atoms with Gasteiger partial charge in [0.25, 0.3) is 5.56 Å². The van der Waals surface area contributed by atoms with Gasteiger partial charge in [0.15, 0.2) is 0 Å². The summed E-state index contributed by atoms with van der Waals surface area (Å²) in [6, 6.07) is 2.93. The largest absolute Gasteiger partial charge is 0.324 e. The van der Waals surface area contributed by atoms with Crippen molar-refractivity contribution in [2.75, 3.05) is 11.0 Å². The lowest BCUT2D eigenvalue weighted by Gasteiger charge is -2.03. The van der Waals surface area contributed by atoms with E-state index in [1.807, 2.05) is 0 Å². The van der Waals surface area contributed by atoms with Crippen LogP contribution in [-0.4, -0.2) is 4.68 Å². The zero-order valence-electron chi connectivity index (χ0n) is 5.74. The molecule has 0 aliphatic heterocycles. The van der Waals surface area contributed by atoms with Gasteiger partial charge < -0.3 is 5.43 Å². The van der Waals surface area contributed by atoms with E-state index in [0.29, 0.717) is 5.69 Å². The standard InChI is InChI=1S/C5H9N5O/c6-8-4-1-2-10(9-7)5(11)3-4/h1-3,8-9H,6-7H2. The van der Waals surface area contributed by atoms with Crippen molar-refractivity contribution in [3.8, 4) is 0 Å². The lowest BCUT2D eigenvalue weighted by Crippen LogP contribution is -2.32. The third kappa shape index (κ3) is 1.48. The third-order valence-corrected chi connectivity index (χ3v) is 1.23. The maximum atomic E-state index is 11.0. The van der Waals surface area contributed by atoms with Gasteiger partial charge in [0.2, 0.25) is 0 Å². The summed E-state index contributed by atoms with van der Waals surface area (Å²) in [7, 11) is 0. The highest BCUT2D eigenvalue weighted by Crippen LogP contribution is 1.96. The van der Waals surface area contributed by atoms with Crippen LogP contribution in [0.3, 0.4) is 0 Å². The second-order valence-corrected chi connectivity index (χ2v) is 1.90. The van der Waals surface area contributed by atoms with Crippen LogP contribution in [-0.2, 0) is 0 Å². The minimum Gasteiger partial charge on any atom is -0.324 e. The molecule has 0 atom stereocenters. The normalized spacial score (nSPS) is 9.27. The van der Waals surface area contributed by atoms with Crippen LogP contribution in [0.4, 0.5) is 5.69 Å². The van der Waals surface area contributed by atoms with E-state index in [2.05, 4.69) is 11.0 Å². The fraction of sp³-hybridized carbons (Fsp3) is 0. The lowest BCUT2D eigenvalue weighted by atomic mass is 10.4. The van der Waals surface area contributed by atoms with Crippen molar-refractivity contribution in [1.29, 1.82) is 0 Å². The molecule has 60 valence electrons. The number of hydrazine groups is 2. The molecule has 0 spiro atoms. The van der Waals surface area contributed by atoms with E-state index < -0.39 is 0 Å². The number of anilines is 1. The molecule has 6 heteroatoms. The molecule has 0 fully saturated rings. The van der Waals surface area contributed by atoms with Crippen LogP contribution in [0, 0.1) is 0 Å². The van der Waals surface area contributed by atoms with Gasteiger partial charge in [-0.25, -0.2) is 10.5 Å². The van der Waals surface area contributed by atoms with Crippen molar-refractivity contribution >= 4 is 5.69 Å². The highest BCUT2D eigenvalue weighted by Gasteiger charge is 1.93. The molecule has 0 saturated heterocycles. The molecular formula is C5H9N5O. The molecule has 11 heavy (non-hydrogen) atoms. The number of nitrogens with one attached hydrogen (secondary N) is 2. The van der Waals surface area contributed by atoms with Crippen LogP contribution in [0.5, 0.6) is 0 Å². The van der Waals surface area contributed by atoms with Crippen LogP contribution in [0.2, 0.25) is 0 Å². The fourth-order valence-electron chi connectivity index (χ4n) is 0.675. The monoisotopic (exact) mass is 155 g/mol. The first kappa shape index (κ1) is 7.58. The number of rotatable bonds is 2. The Hall–Kier alpha value is -1.53. The Morgan fingerprint density at radius 2 is 2.18 bits per heavy atom. The first-order valence-corrected chi connectivity index (χ1v) is 2.94. The summed E-state index contributed by atoms with van der Waals surface area (Å²) in [5.74, 6) is 10.1. The van der Waals surface area contributed by atoms with Crippen molar-refractivity contribution in [2.24, 2.45) is 11.7 Å². The molecule has 6 N–H and O–H groups in total. The summed E-state index contributed by atoms with van der Waals surface area (Å²) >= 11 is 0. The van der Waals surface area contributed by atoms with Crippen LogP contribution in [0.1, 0.15) is 0 Å². The van der Waals surface area contributed by atoms with Gasteiger partial charge in [0.05, 0.1) is 5.69 Å². The van der Waals surface area contributed by atoms with Gasteiger partial charge in [-0.15, -0.1) is 0 Å². The number of pyridine rings is 1. The Kier molecular flexibility index (Phi) is 2.09. The average Bonchev–Trinajstić information content (AvgIpc) is 2.04. The summed E-state index contributed by atoms with van der Waals surface area (Å²) in [6.07, 6.45) is 1.47. The second kappa shape index (κ2) is 3.04. The van der Waals surface area contributed by atoms with Gasteiger partial charge in [0, 0.05) is 12.3 Å². The molecule has 0 aliphatic carbocycles. The van der Waals surface area contributed by atoms with Crippen LogP contribution in [0.25, 0.3) is 0 Å². The minimum absolute atomic E-state index is 0.275. The molecule has 0 saturated carbocycles. The summed E-state index contributed by atoms with van der Waals surface area (Å²) in [5.41, 5.74) is 4.79. The quantitative estimate of drug-likeness (QED) is 0.309. The van der Waals surface area contributed by atoms with Gasteiger partial charge in [0.1, 0.15) is 0 Å². The predicted octanol–water partition coefficient (Wildman–Crippen LogP) is -1.45. The zero-order valence-corrected chi connectivity index (χ0v) is 5.74. The molecule has 0 unspecified atom stereocenters. The maximum absolute atomic E-state index is 11.0. The molecule has 1 aromatic rings. The van der Waals surface area contributed by atoms with Crippen molar-refractivity contribution in [1.82, 2.24) is 4.68 Å². The predicted molar refractivity (Wildman–Crippen MR) is 42.1 cm³/mol. The van der Waals surface area contributed by atoms with E-state index in [1.54, 1.807) is 6.07 Å². The van der Waals surface area contributed by atoms with Crippen molar-refractivity contribution in [3.05, 3.63) is 28.7 Å². The van der Waals surface area contributed by atoms with Crippen molar-refractivity contribution in [3.63, 3.8) is 0 Å². The molecule has 0 aromatic carbocycles. The zero-order chi connectivity index (χ0) is 8.27. The van der Waals surface area contributed by atoms with Crippen LogP contribution < -0.4 is 28.2 Å². The van der Waals surface area contributed by atoms with E-state index in [9.17, 15) is 4.79 Å². The molecule has 0 bridgehead atoms. The average molecular weight is 155 g/mol. The van der Waals surface area contributed by atoms with Gasteiger partial charge in [-0.2, -0.15) is 0 Å². The highest BCUT2D eigenvalue weighted by molar-refractivity contribution is 5.39. The number of nitrogen functional groups attached to an aromatic ring is 2. The number of aromatic nitrogens is 1. The Bertz CT molecular complexity index is 293. The van der Waals surface area contributed by atoms with Gasteiger partial charge in [-0.3, -0.25) is 16.2 Å². The first-order valence-electron chi connectivity index (χ1n) is 2.94. The molecule has 1 aromatic heterocycles. The Morgan fingerprint density at radius 1 is 1.45 bits per heavy atom. The maximum Gasteiger partial charge on any atom is 0.272 e. The van der Waals surface area contributed by atoms with E-state index >= 15 is 0 Å². The summed E-state index contributed by atoms with van der Waals surface area (Å²) in [5, 5.41) is 0. The van der Waals surface area contributed by atoms with E-state index in [1.165, 1.54) is 12.3 Å². The molecular weight excluding hydrogens is 146 g/mol. The highest BCUT2D eigenvalue weighted by atomic mass is 16.1. The third-order valence-electron chi connectivity index (χ3n) is 1.23. The Balaban J connectivity index is 3.10. The SMILES string of the molecule is NNc1ccn(NN)c(=O)c1. The number of nitrogens with zero attached hydrogens (tertiary/aromatic N) is 1. The van der Waals surface area contributed by atoms with Crippen molar-refractivity contribution < 1.29 is 0 Å². The Morgan fingerprint density at radius 3 is 2.64 bits per heavy atom. The minimum atomic E-state index is -0.275. The molecule has 0 aliphatic rings. The summed E-state index contributed by atoms with van der Waals surface area (Å²) in [4.78, 5) is 11.0. The van der Waals surface area contributed by atoms with Crippen LogP contribution in [0.15, 0.2) is 23.1 Å². The van der Waals surface area contributed by atoms with E-state index in [4.69, 9.17) is 11.7 Å². The molecule has 0 amide bonds. The first-order chi connectivity index (χ1) is 5.27. The Labute approximate surface area is 62.7 Å². The fourth-order valence-corrected chi connectivity index (χ4v) is 0.675. The number of hydrogen-bond donors (Lipinski definition) is 4. The lowest BCUT2D eigenvalue weighted by molar-refractivity contribution is 0.835. The van der Waals surface area contributed by atoms with Gasteiger partial charge >= 0.3 is 0 Å². The van der Waals surface area contributed by atoms with Gasteiger partial charge in [-0.05, 0) is 6.07 Å². The molecule has 1 heterocycles. The molecule has 0 radical (unpaired) electrons. The molecule has 6 nitrogen and oxygen atoms in total. The summed E-state index contributed by atoms with van der Waals surface area (Å²) in [6.45, 7) is 0.